The second-order valence-electron chi connectivity index (χ2n) is 3.74. The summed E-state index contributed by atoms with van der Waals surface area (Å²) in [5, 5.41) is 0.776. The van der Waals surface area contributed by atoms with Crippen molar-refractivity contribution in [1.82, 2.24) is 9.97 Å². The number of benzene rings is 1. The predicted molar refractivity (Wildman–Crippen MR) is 79.7 cm³/mol. The topological polar surface area (TPSA) is 25.8 Å². The third-order valence-corrected chi connectivity index (χ3v) is 4.74. The molecule has 0 atom stereocenters. The fourth-order valence-electron chi connectivity index (χ4n) is 1.40. The minimum absolute atomic E-state index is 0.388. The molecule has 1 aromatic carbocycles. The van der Waals surface area contributed by atoms with Crippen LogP contribution in [0.3, 0.4) is 0 Å². The lowest BCUT2D eigenvalue weighted by molar-refractivity contribution is 1.15. The van der Waals surface area contributed by atoms with Gasteiger partial charge in [-0.1, -0.05) is 35.3 Å². The molecule has 2 aromatic rings. The summed E-state index contributed by atoms with van der Waals surface area (Å²) in [7, 11) is 0. The Morgan fingerprint density at radius 1 is 1.00 bits per heavy atom. The first kappa shape index (κ1) is 13.1. The van der Waals surface area contributed by atoms with Crippen LogP contribution in [-0.4, -0.2) is 9.97 Å². The standard InChI is InChI=1S/C12H9Cl2IN2/c1-6-3-4-8(5-7(6)2)12-16-10(13)9(15)11(14)17-12/h3-5H,1-2H3. The van der Waals surface area contributed by atoms with Crippen LogP contribution in [-0.2, 0) is 0 Å². The van der Waals surface area contributed by atoms with Crippen LogP contribution in [0.25, 0.3) is 11.4 Å². The van der Waals surface area contributed by atoms with Crippen molar-refractivity contribution in [1.29, 1.82) is 0 Å². The van der Waals surface area contributed by atoms with Gasteiger partial charge in [0.1, 0.15) is 10.3 Å². The van der Waals surface area contributed by atoms with Crippen molar-refractivity contribution in [3.63, 3.8) is 0 Å². The molecule has 0 saturated heterocycles. The van der Waals surface area contributed by atoms with Gasteiger partial charge in [0.05, 0.1) is 3.57 Å². The smallest absolute Gasteiger partial charge is 0.162 e. The molecular weight excluding hydrogens is 370 g/mol. The quantitative estimate of drug-likeness (QED) is 0.532. The van der Waals surface area contributed by atoms with Crippen LogP contribution in [0.5, 0.6) is 0 Å². The summed E-state index contributed by atoms with van der Waals surface area (Å²) in [4.78, 5) is 8.47. The van der Waals surface area contributed by atoms with Crippen molar-refractivity contribution in [2.45, 2.75) is 13.8 Å². The van der Waals surface area contributed by atoms with Crippen LogP contribution in [0.2, 0.25) is 10.3 Å². The molecule has 0 bridgehead atoms. The Kier molecular flexibility index (Phi) is 3.90. The molecule has 0 amide bonds. The zero-order valence-corrected chi connectivity index (χ0v) is 12.9. The maximum absolute atomic E-state index is 6.00. The lowest BCUT2D eigenvalue weighted by atomic mass is 10.1. The molecule has 17 heavy (non-hydrogen) atoms. The van der Waals surface area contributed by atoms with E-state index in [4.69, 9.17) is 23.2 Å². The SMILES string of the molecule is Cc1ccc(-c2nc(Cl)c(I)c(Cl)n2)cc1C. The first-order valence-corrected chi connectivity index (χ1v) is 6.78. The van der Waals surface area contributed by atoms with E-state index >= 15 is 0 Å². The van der Waals surface area contributed by atoms with Gasteiger partial charge in [-0.3, -0.25) is 0 Å². The second-order valence-corrected chi connectivity index (χ2v) is 5.54. The van der Waals surface area contributed by atoms with Gasteiger partial charge >= 0.3 is 0 Å². The van der Waals surface area contributed by atoms with E-state index in [2.05, 4.69) is 23.8 Å². The van der Waals surface area contributed by atoms with Crippen LogP contribution in [0, 0.1) is 17.4 Å². The number of hydrogen-bond acceptors (Lipinski definition) is 2. The molecule has 0 spiro atoms. The van der Waals surface area contributed by atoms with E-state index < -0.39 is 0 Å². The van der Waals surface area contributed by atoms with E-state index in [1.165, 1.54) is 11.1 Å². The Morgan fingerprint density at radius 2 is 1.59 bits per heavy atom. The van der Waals surface area contributed by atoms with E-state index in [9.17, 15) is 0 Å². The second kappa shape index (κ2) is 5.08. The fourth-order valence-corrected chi connectivity index (χ4v) is 2.03. The molecular formula is C12H9Cl2IN2. The molecule has 0 aliphatic rings. The van der Waals surface area contributed by atoms with Crippen molar-refractivity contribution in [2.75, 3.05) is 0 Å². The summed E-state index contributed by atoms with van der Waals surface area (Å²) in [6, 6.07) is 6.04. The number of halogens is 3. The molecule has 1 heterocycles. The fraction of sp³-hybridized carbons (Fsp3) is 0.167. The van der Waals surface area contributed by atoms with Crippen molar-refractivity contribution in [2.24, 2.45) is 0 Å². The van der Waals surface area contributed by atoms with Gasteiger partial charge in [0.15, 0.2) is 5.82 Å². The monoisotopic (exact) mass is 378 g/mol. The van der Waals surface area contributed by atoms with Gasteiger partial charge in [-0.25, -0.2) is 9.97 Å². The average molecular weight is 379 g/mol. The largest absolute Gasteiger partial charge is 0.215 e. The highest BCUT2D eigenvalue weighted by atomic mass is 127. The van der Waals surface area contributed by atoms with E-state index in [0.717, 1.165) is 5.56 Å². The van der Waals surface area contributed by atoms with Crippen LogP contribution >= 0.6 is 45.8 Å². The molecule has 0 saturated carbocycles. The highest BCUT2D eigenvalue weighted by Crippen LogP contribution is 2.27. The molecule has 0 aliphatic heterocycles. The Labute approximate surface area is 124 Å². The van der Waals surface area contributed by atoms with Crippen molar-refractivity contribution in [3.05, 3.63) is 43.2 Å². The van der Waals surface area contributed by atoms with E-state index in [0.29, 0.717) is 19.7 Å². The van der Waals surface area contributed by atoms with Gasteiger partial charge in [-0.05, 0) is 53.6 Å². The Hall–Kier alpha value is -0.390. The van der Waals surface area contributed by atoms with Crippen LogP contribution in [0.15, 0.2) is 18.2 Å². The Morgan fingerprint density at radius 3 is 2.12 bits per heavy atom. The minimum atomic E-state index is 0.388. The number of nitrogens with zero attached hydrogens (tertiary/aromatic N) is 2. The molecule has 1 aromatic heterocycles. The number of rotatable bonds is 1. The van der Waals surface area contributed by atoms with Crippen LogP contribution < -0.4 is 0 Å². The summed E-state index contributed by atoms with van der Waals surface area (Å²) < 4.78 is 0.679. The summed E-state index contributed by atoms with van der Waals surface area (Å²) in [5.41, 5.74) is 3.35. The molecule has 0 fully saturated rings. The summed E-state index contributed by atoms with van der Waals surface area (Å²) in [6.45, 7) is 4.11. The zero-order valence-electron chi connectivity index (χ0n) is 9.26. The molecule has 0 radical (unpaired) electrons. The molecule has 2 nitrogen and oxygen atoms in total. The predicted octanol–water partition coefficient (Wildman–Crippen LogP) is 4.67. The van der Waals surface area contributed by atoms with Gasteiger partial charge in [0.25, 0.3) is 0 Å². The van der Waals surface area contributed by atoms with Gasteiger partial charge < -0.3 is 0 Å². The molecule has 0 N–H and O–H groups in total. The van der Waals surface area contributed by atoms with Crippen molar-refractivity contribution in [3.8, 4) is 11.4 Å². The van der Waals surface area contributed by atoms with Crippen molar-refractivity contribution < 1.29 is 0 Å². The minimum Gasteiger partial charge on any atom is -0.215 e. The molecule has 5 heteroatoms. The number of hydrogen-bond donors (Lipinski definition) is 0. The lowest BCUT2D eigenvalue weighted by Gasteiger charge is -2.06. The maximum atomic E-state index is 6.00. The first-order valence-electron chi connectivity index (χ1n) is 4.95. The van der Waals surface area contributed by atoms with Crippen LogP contribution in [0.4, 0.5) is 0 Å². The summed E-state index contributed by atoms with van der Waals surface area (Å²) in [5.74, 6) is 0.559. The lowest BCUT2D eigenvalue weighted by Crippen LogP contribution is -1.94. The van der Waals surface area contributed by atoms with Gasteiger partial charge in [-0.2, -0.15) is 0 Å². The van der Waals surface area contributed by atoms with Gasteiger partial charge in [0, 0.05) is 5.56 Å². The third kappa shape index (κ3) is 2.72. The Balaban J connectivity index is 2.57. The average Bonchev–Trinajstić information content (AvgIpc) is 2.29. The maximum Gasteiger partial charge on any atom is 0.162 e. The molecule has 2 rings (SSSR count). The van der Waals surface area contributed by atoms with Crippen LogP contribution in [0.1, 0.15) is 11.1 Å². The zero-order chi connectivity index (χ0) is 12.6. The molecule has 88 valence electrons. The van der Waals surface area contributed by atoms with E-state index in [1.54, 1.807) is 0 Å². The first-order chi connectivity index (χ1) is 7.99. The third-order valence-electron chi connectivity index (χ3n) is 2.54. The highest BCUT2D eigenvalue weighted by molar-refractivity contribution is 14.1. The van der Waals surface area contributed by atoms with Gasteiger partial charge in [0.2, 0.25) is 0 Å². The van der Waals surface area contributed by atoms with Gasteiger partial charge in [-0.15, -0.1) is 0 Å². The summed E-state index contributed by atoms with van der Waals surface area (Å²) in [6.07, 6.45) is 0. The number of aryl methyl sites for hydroxylation is 2. The van der Waals surface area contributed by atoms with E-state index in [-0.39, 0.29) is 0 Å². The number of aromatic nitrogens is 2. The van der Waals surface area contributed by atoms with Crippen molar-refractivity contribution >= 4 is 45.8 Å². The molecule has 0 aliphatic carbocycles. The van der Waals surface area contributed by atoms with E-state index in [1.807, 2.05) is 40.8 Å². The Bertz CT molecular complexity index is 562. The normalized spacial score (nSPS) is 10.6. The summed E-state index contributed by atoms with van der Waals surface area (Å²) >= 11 is 14.0. The highest BCUT2D eigenvalue weighted by Gasteiger charge is 2.10. The molecule has 0 unspecified atom stereocenters.